The molecule has 1 fully saturated rings. The van der Waals surface area contributed by atoms with Crippen molar-refractivity contribution in [2.45, 2.75) is 31.4 Å². The van der Waals surface area contributed by atoms with Gasteiger partial charge in [0.25, 0.3) is 0 Å². The molecule has 0 amide bonds. The second-order valence-electron chi connectivity index (χ2n) is 5.39. The summed E-state index contributed by atoms with van der Waals surface area (Å²) in [5, 5.41) is 1.68. The number of carbonyl (C=O) groups is 2. The van der Waals surface area contributed by atoms with Gasteiger partial charge in [-0.15, -0.1) is 0 Å². The zero-order chi connectivity index (χ0) is 16.2. The number of benzene rings is 1. The van der Waals surface area contributed by atoms with Crippen molar-refractivity contribution >= 4 is 11.9 Å². The minimum absolute atomic E-state index is 0.187. The third-order valence-electron chi connectivity index (χ3n) is 3.99. The van der Waals surface area contributed by atoms with E-state index in [1.165, 1.54) is 14.2 Å². The summed E-state index contributed by atoms with van der Waals surface area (Å²) in [5.41, 5.74) is 0.514. The van der Waals surface area contributed by atoms with Crippen molar-refractivity contribution in [3.63, 3.8) is 0 Å². The predicted molar refractivity (Wildman–Crippen MR) is 78.6 cm³/mol. The molecule has 6 heteroatoms. The zero-order valence-electron chi connectivity index (χ0n) is 13.1. The van der Waals surface area contributed by atoms with Gasteiger partial charge in [0.1, 0.15) is 0 Å². The molecule has 0 radical (unpaired) electrons. The first-order valence-corrected chi connectivity index (χ1v) is 7.16. The van der Waals surface area contributed by atoms with Gasteiger partial charge in [-0.1, -0.05) is 30.3 Å². The van der Waals surface area contributed by atoms with Crippen LogP contribution in [0.5, 0.6) is 0 Å². The fourth-order valence-corrected chi connectivity index (χ4v) is 2.68. The van der Waals surface area contributed by atoms with E-state index in [4.69, 9.17) is 9.57 Å². The molecule has 0 spiro atoms. The van der Waals surface area contributed by atoms with E-state index < -0.39 is 17.6 Å². The molecule has 6 nitrogen and oxygen atoms in total. The van der Waals surface area contributed by atoms with E-state index in [-0.39, 0.29) is 12.4 Å². The average molecular weight is 307 g/mol. The smallest absolute Gasteiger partial charge is 0.337 e. The lowest BCUT2D eigenvalue weighted by atomic mass is 9.87. The van der Waals surface area contributed by atoms with Gasteiger partial charge in [0.2, 0.25) is 0 Å². The molecule has 0 saturated carbocycles. The molecule has 2 atom stereocenters. The van der Waals surface area contributed by atoms with Crippen LogP contribution in [-0.4, -0.2) is 43.9 Å². The van der Waals surface area contributed by atoms with Crippen molar-refractivity contribution < 1.29 is 23.9 Å². The first-order valence-electron chi connectivity index (χ1n) is 7.16. The van der Waals surface area contributed by atoms with Gasteiger partial charge in [0.05, 0.1) is 26.2 Å². The highest BCUT2D eigenvalue weighted by Crippen LogP contribution is 2.40. The summed E-state index contributed by atoms with van der Waals surface area (Å²) in [6.45, 7) is 2.33. The van der Waals surface area contributed by atoms with Crippen LogP contribution in [0.3, 0.4) is 0 Å². The molecule has 1 saturated heterocycles. The molecular weight excluding hydrogens is 286 g/mol. The van der Waals surface area contributed by atoms with Gasteiger partial charge in [0.15, 0.2) is 6.10 Å². The molecule has 1 unspecified atom stereocenters. The van der Waals surface area contributed by atoms with Crippen molar-refractivity contribution in [3.05, 3.63) is 35.9 Å². The number of esters is 2. The largest absolute Gasteiger partial charge is 0.469 e. The SMILES string of the molecule is COC(=O)CCN1OC(C(=O)OC)C[C@@]1(C)c1ccccc1. The molecule has 0 aromatic heterocycles. The first kappa shape index (κ1) is 16.5. The van der Waals surface area contributed by atoms with Crippen LogP contribution in [0.15, 0.2) is 30.3 Å². The second kappa shape index (κ2) is 6.89. The standard InChI is InChI=1S/C16H21NO5/c1-16(12-7-5-4-6-8-12)11-13(15(19)21-3)22-17(16)10-9-14(18)20-2/h4-8,13H,9-11H2,1-3H3/t13?,16-/m0/s1. The van der Waals surface area contributed by atoms with Gasteiger partial charge < -0.3 is 9.47 Å². The molecule has 0 aliphatic carbocycles. The highest BCUT2D eigenvalue weighted by Gasteiger charge is 2.47. The van der Waals surface area contributed by atoms with E-state index in [0.717, 1.165) is 5.56 Å². The maximum Gasteiger partial charge on any atom is 0.337 e. The molecule has 1 aliphatic heterocycles. The summed E-state index contributed by atoms with van der Waals surface area (Å²) < 4.78 is 9.44. The highest BCUT2D eigenvalue weighted by molar-refractivity contribution is 5.75. The summed E-state index contributed by atoms with van der Waals surface area (Å²) in [6.07, 6.45) is -0.0228. The molecule has 0 N–H and O–H groups in total. The Hall–Kier alpha value is -1.92. The number of ether oxygens (including phenoxy) is 2. The Bertz CT molecular complexity index is 533. The third-order valence-corrected chi connectivity index (χ3v) is 3.99. The number of hydrogen-bond donors (Lipinski definition) is 0. The van der Waals surface area contributed by atoms with E-state index in [1.54, 1.807) is 5.06 Å². The van der Waals surface area contributed by atoms with Gasteiger partial charge in [-0.05, 0) is 12.5 Å². The van der Waals surface area contributed by atoms with Crippen molar-refractivity contribution in [1.82, 2.24) is 5.06 Å². The number of hydroxylamine groups is 2. The summed E-state index contributed by atoms with van der Waals surface area (Å²) in [4.78, 5) is 28.9. The topological polar surface area (TPSA) is 65.1 Å². The fourth-order valence-electron chi connectivity index (χ4n) is 2.68. The molecule has 1 heterocycles. The quantitative estimate of drug-likeness (QED) is 0.771. The zero-order valence-corrected chi connectivity index (χ0v) is 13.1. The number of carbonyl (C=O) groups excluding carboxylic acids is 2. The van der Waals surface area contributed by atoms with E-state index >= 15 is 0 Å². The van der Waals surface area contributed by atoms with Crippen molar-refractivity contribution in [1.29, 1.82) is 0 Å². The van der Waals surface area contributed by atoms with Crippen LogP contribution in [0.1, 0.15) is 25.3 Å². The number of hydrogen-bond acceptors (Lipinski definition) is 6. The molecule has 1 aromatic carbocycles. The summed E-state index contributed by atoms with van der Waals surface area (Å²) in [5.74, 6) is -0.733. The lowest BCUT2D eigenvalue weighted by Gasteiger charge is -2.33. The van der Waals surface area contributed by atoms with Gasteiger partial charge in [-0.3, -0.25) is 9.63 Å². The summed E-state index contributed by atoms with van der Waals surface area (Å²) >= 11 is 0. The Labute approximate surface area is 129 Å². The van der Waals surface area contributed by atoms with Gasteiger partial charge in [-0.2, -0.15) is 5.06 Å². The molecule has 1 aliphatic rings. The van der Waals surface area contributed by atoms with Crippen LogP contribution in [0.4, 0.5) is 0 Å². The van der Waals surface area contributed by atoms with Crippen LogP contribution >= 0.6 is 0 Å². The van der Waals surface area contributed by atoms with Gasteiger partial charge in [-0.25, -0.2) is 4.79 Å². The van der Waals surface area contributed by atoms with Crippen LogP contribution in [0.2, 0.25) is 0 Å². The number of nitrogens with zero attached hydrogens (tertiary/aromatic N) is 1. The molecule has 22 heavy (non-hydrogen) atoms. The maximum atomic E-state index is 11.8. The number of rotatable bonds is 5. The van der Waals surface area contributed by atoms with Gasteiger partial charge in [0, 0.05) is 13.0 Å². The molecule has 0 bridgehead atoms. The third kappa shape index (κ3) is 3.28. The molecule has 120 valence electrons. The van der Waals surface area contributed by atoms with E-state index in [9.17, 15) is 9.59 Å². The van der Waals surface area contributed by atoms with Crippen molar-refractivity contribution in [3.8, 4) is 0 Å². The Kier molecular flexibility index (Phi) is 5.15. The normalized spacial score (nSPS) is 25.0. The molecule has 1 aromatic rings. The van der Waals surface area contributed by atoms with Crippen molar-refractivity contribution in [2.24, 2.45) is 0 Å². The lowest BCUT2D eigenvalue weighted by Crippen LogP contribution is -2.39. The van der Waals surface area contributed by atoms with Crippen LogP contribution in [0.25, 0.3) is 0 Å². The maximum absolute atomic E-state index is 11.8. The average Bonchev–Trinajstić information content (AvgIpc) is 2.90. The lowest BCUT2D eigenvalue weighted by molar-refractivity contribution is -0.201. The number of methoxy groups -OCH3 is 2. The fraction of sp³-hybridized carbons (Fsp3) is 0.500. The Morgan fingerprint density at radius 3 is 2.55 bits per heavy atom. The summed E-state index contributed by atoms with van der Waals surface area (Å²) in [7, 11) is 2.68. The summed E-state index contributed by atoms with van der Waals surface area (Å²) in [6, 6.07) is 9.76. The van der Waals surface area contributed by atoms with E-state index in [0.29, 0.717) is 13.0 Å². The monoisotopic (exact) mass is 307 g/mol. The van der Waals surface area contributed by atoms with E-state index in [1.807, 2.05) is 37.3 Å². The van der Waals surface area contributed by atoms with Crippen LogP contribution < -0.4 is 0 Å². The molecular formula is C16H21NO5. The van der Waals surface area contributed by atoms with Crippen LogP contribution in [0, 0.1) is 0 Å². The minimum Gasteiger partial charge on any atom is -0.469 e. The van der Waals surface area contributed by atoms with E-state index in [2.05, 4.69) is 4.74 Å². The Morgan fingerprint density at radius 1 is 1.27 bits per heavy atom. The second-order valence-corrected chi connectivity index (χ2v) is 5.39. The van der Waals surface area contributed by atoms with Crippen molar-refractivity contribution in [2.75, 3.05) is 20.8 Å². The predicted octanol–water partition coefficient (Wildman–Crippen LogP) is 1.64. The van der Waals surface area contributed by atoms with Gasteiger partial charge >= 0.3 is 11.9 Å². The first-order chi connectivity index (χ1) is 10.5. The Balaban J connectivity index is 2.22. The molecule has 2 rings (SSSR count). The Morgan fingerprint density at radius 2 is 1.95 bits per heavy atom. The van der Waals surface area contributed by atoms with Crippen LogP contribution in [-0.2, 0) is 29.4 Å². The minimum atomic E-state index is -0.673. The highest BCUT2D eigenvalue weighted by atomic mass is 16.7.